The van der Waals surface area contributed by atoms with Crippen LogP contribution in [0, 0.1) is 0 Å². The number of rotatable bonds is 7. The minimum Gasteiger partial charge on any atom is -0.406 e. The zero-order valence-electron chi connectivity index (χ0n) is 15.8. The molecule has 0 fully saturated rings. The number of aromatic nitrogens is 3. The lowest BCUT2D eigenvalue weighted by Gasteiger charge is -2.19. The lowest BCUT2D eigenvalue weighted by molar-refractivity contribution is -0.274. The molecule has 0 bridgehead atoms. The summed E-state index contributed by atoms with van der Waals surface area (Å²) >= 11 is 0. The molecular formula is C19H19F3N4O3. The van der Waals surface area contributed by atoms with Gasteiger partial charge in [0.25, 0.3) is 5.89 Å². The van der Waals surface area contributed by atoms with Crippen molar-refractivity contribution < 1.29 is 27.2 Å². The first-order chi connectivity index (χ1) is 13.8. The fraction of sp³-hybridized carbons (Fsp3) is 0.316. The Morgan fingerprint density at radius 3 is 2.48 bits per heavy atom. The van der Waals surface area contributed by atoms with Crippen LogP contribution in [0.3, 0.4) is 0 Å². The number of nitrogens with zero attached hydrogens (tertiary/aromatic N) is 4. The van der Waals surface area contributed by atoms with E-state index in [9.17, 15) is 18.0 Å². The maximum absolute atomic E-state index is 12.4. The van der Waals surface area contributed by atoms with Gasteiger partial charge in [0.05, 0.1) is 0 Å². The van der Waals surface area contributed by atoms with E-state index in [-0.39, 0.29) is 29.9 Å². The van der Waals surface area contributed by atoms with Crippen LogP contribution < -0.4 is 4.74 Å². The molecule has 0 aliphatic rings. The predicted octanol–water partition coefficient (Wildman–Crippen LogP) is 3.97. The summed E-state index contributed by atoms with van der Waals surface area (Å²) in [6.07, 6.45) is -3.02. The van der Waals surface area contributed by atoms with Crippen LogP contribution in [0.1, 0.15) is 13.8 Å². The molecule has 1 amide bonds. The van der Waals surface area contributed by atoms with Gasteiger partial charge in [0.15, 0.2) is 0 Å². The molecule has 29 heavy (non-hydrogen) atoms. The van der Waals surface area contributed by atoms with Crippen LogP contribution in [0.15, 0.2) is 47.1 Å². The van der Waals surface area contributed by atoms with Crippen LogP contribution in [0.2, 0.25) is 0 Å². The van der Waals surface area contributed by atoms with Crippen molar-refractivity contribution in [3.05, 3.63) is 42.6 Å². The molecule has 0 N–H and O–H groups in total. The normalized spacial score (nSPS) is 11.5. The van der Waals surface area contributed by atoms with Gasteiger partial charge in [-0.3, -0.25) is 4.79 Å². The molecule has 0 saturated carbocycles. The first-order valence-corrected chi connectivity index (χ1v) is 8.94. The molecule has 0 atom stereocenters. The number of halogens is 3. The molecule has 0 unspecified atom stereocenters. The Bertz CT molecular complexity index is 960. The van der Waals surface area contributed by atoms with Crippen LogP contribution in [-0.4, -0.2) is 45.0 Å². The number of ether oxygens (including phenoxy) is 1. The number of amides is 1. The van der Waals surface area contributed by atoms with Gasteiger partial charge in [0.2, 0.25) is 11.7 Å². The molecule has 2 aromatic heterocycles. The second kappa shape index (κ2) is 8.38. The van der Waals surface area contributed by atoms with Crippen LogP contribution in [-0.2, 0) is 11.3 Å². The van der Waals surface area contributed by atoms with Crippen molar-refractivity contribution in [2.75, 3.05) is 13.1 Å². The Balaban J connectivity index is 1.77. The molecule has 3 aromatic rings. The fourth-order valence-electron chi connectivity index (χ4n) is 2.82. The Hall–Kier alpha value is -3.30. The number of hydrogen-bond donors (Lipinski definition) is 0. The average Bonchev–Trinajstić information content (AvgIpc) is 3.31. The highest BCUT2D eigenvalue weighted by atomic mass is 19.4. The van der Waals surface area contributed by atoms with E-state index in [1.807, 2.05) is 13.8 Å². The second-order valence-corrected chi connectivity index (χ2v) is 6.08. The van der Waals surface area contributed by atoms with Gasteiger partial charge >= 0.3 is 6.36 Å². The maximum atomic E-state index is 12.4. The van der Waals surface area contributed by atoms with Crippen LogP contribution in [0.5, 0.6) is 5.75 Å². The van der Waals surface area contributed by atoms with Gasteiger partial charge in [-0.05, 0) is 50.2 Å². The van der Waals surface area contributed by atoms with Gasteiger partial charge in [-0.25, -0.2) is 0 Å². The maximum Gasteiger partial charge on any atom is 0.573 e. The van der Waals surface area contributed by atoms with Gasteiger partial charge in [0, 0.05) is 24.8 Å². The third-order valence-corrected chi connectivity index (χ3v) is 4.24. The predicted molar refractivity (Wildman–Crippen MR) is 97.8 cm³/mol. The molecule has 7 nitrogen and oxygen atoms in total. The van der Waals surface area contributed by atoms with Crippen LogP contribution in [0.4, 0.5) is 13.2 Å². The van der Waals surface area contributed by atoms with Crippen molar-refractivity contribution in [3.63, 3.8) is 0 Å². The zero-order valence-corrected chi connectivity index (χ0v) is 15.8. The molecule has 3 rings (SSSR count). The van der Waals surface area contributed by atoms with E-state index in [4.69, 9.17) is 4.52 Å². The van der Waals surface area contributed by atoms with Crippen LogP contribution in [0.25, 0.3) is 23.0 Å². The Labute approximate surface area is 164 Å². The van der Waals surface area contributed by atoms with E-state index >= 15 is 0 Å². The fourth-order valence-corrected chi connectivity index (χ4v) is 2.82. The van der Waals surface area contributed by atoms with Crippen molar-refractivity contribution in [2.24, 2.45) is 0 Å². The summed E-state index contributed by atoms with van der Waals surface area (Å²) in [5.41, 5.74) is 1.04. The molecule has 0 spiro atoms. The largest absolute Gasteiger partial charge is 0.573 e. The molecular weight excluding hydrogens is 389 g/mol. The third kappa shape index (κ3) is 4.95. The SMILES string of the molecule is CCN(CC)C(=O)Cn1cccc1-c1nc(-c2ccc(OC(F)(F)F)cc2)no1. The summed E-state index contributed by atoms with van der Waals surface area (Å²) < 4.78 is 47.6. The van der Waals surface area contributed by atoms with Crippen molar-refractivity contribution >= 4 is 5.91 Å². The number of alkyl halides is 3. The van der Waals surface area contributed by atoms with Crippen molar-refractivity contribution in [1.82, 2.24) is 19.6 Å². The molecule has 1 aromatic carbocycles. The quantitative estimate of drug-likeness (QED) is 0.591. The van der Waals surface area contributed by atoms with E-state index in [0.717, 1.165) is 0 Å². The lowest BCUT2D eigenvalue weighted by atomic mass is 10.2. The Morgan fingerprint density at radius 2 is 1.86 bits per heavy atom. The first-order valence-electron chi connectivity index (χ1n) is 8.94. The third-order valence-electron chi connectivity index (χ3n) is 4.24. The zero-order chi connectivity index (χ0) is 21.0. The summed E-state index contributed by atoms with van der Waals surface area (Å²) in [6, 6.07) is 8.65. The Morgan fingerprint density at radius 1 is 1.17 bits per heavy atom. The molecule has 0 aliphatic heterocycles. The highest BCUT2D eigenvalue weighted by Crippen LogP contribution is 2.27. The van der Waals surface area contributed by atoms with Gasteiger partial charge in [0.1, 0.15) is 18.0 Å². The summed E-state index contributed by atoms with van der Waals surface area (Å²) in [7, 11) is 0. The summed E-state index contributed by atoms with van der Waals surface area (Å²) in [6.45, 7) is 5.18. The monoisotopic (exact) mass is 408 g/mol. The molecule has 0 aliphatic carbocycles. The summed E-state index contributed by atoms with van der Waals surface area (Å²) in [5, 5.41) is 3.88. The molecule has 2 heterocycles. The molecule has 154 valence electrons. The van der Waals surface area contributed by atoms with E-state index in [2.05, 4.69) is 14.9 Å². The standard InChI is InChI=1S/C19H19F3N4O3/c1-3-25(4-2)16(27)12-26-11-5-6-15(26)18-23-17(24-29-18)13-7-9-14(10-8-13)28-19(20,21)22/h5-11H,3-4,12H2,1-2H3. The van der Waals surface area contributed by atoms with Gasteiger partial charge in [-0.2, -0.15) is 4.98 Å². The highest BCUT2D eigenvalue weighted by molar-refractivity contribution is 5.76. The van der Waals surface area contributed by atoms with E-state index in [1.54, 1.807) is 27.8 Å². The number of benzene rings is 1. The average molecular weight is 408 g/mol. The van der Waals surface area contributed by atoms with Crippen molar-refractivity contribution in [1.29, 1.82) is 0 Å². The van der Waals surface area contributed by atoms with Gasteiger partial charge in [-0.15, -0.1) is 13.2 Å². The lowest BCUT2D eigenvalue weighted by Crippen LogP contribution is -2.33. The van der Waals surface area contributed by atoms with Gasteiger partial charge in [-0.1, -0.05) is 5.16 Å². The number of likely N-dealkylation sites (N-methyl/N-ethyl adjacent to an activating group) is 1. The highest BCUT2D eigenvalue weighted by Gasteiger charge is 2.31. The van der Waals surface area contributed by atoms with E-state index < -0.39 is 6.36 Å². The van der Waals surface area contributed by atoms with Crippen molar-refractivity contribution in [2.45, 2.75) is 26.8 Å². The van der Waals surface area contributed by atoms with E-state index in [1.165, 1.54) is 24.3 Å². The minimum atomic E-state index is -4.76. The summed E-state index contributed by atoms with van der Waals surface area (Å²) in [5.74, 6) is 0.0375. The van der Waals surface area contributed by atoms with Gasteiger partial charge < -0.3 is 18.7 Å². The topological polar surface area (TPSA) is 73.4 Å². The second-order valence-electron chi connectivity index (χ2n) is 6.08. The number of hydrogen-bond acceptors (Lipinski definition) is 5. The Kier molecular flexibility index (Phi) is 5.90. The molecule has 0 saturated heterocycles. The molecule has 10 heteroatoms. The first kappa shape index (κ1) is 20.4. The minimum absolute atomic E-state index is 0.0348. The number of carbonyl (C=O) groups excluding carboxylic acids is 1. The van der Waals surface area contributed by atoms with E-state index in [0.29, 0.717) is 24.3 Å². The van der Waals surface area contributed by atoms with Crippen LogP contribution >= 0.6 is 0 Å². The molecule has 0 radical (unpaired) electrons. The smallest absolute Gasteiger partial charge is 0.406 e. The number of carbonyl (C=O) groups is 1. The van der Waals surface area contributed by atoms with Crippen molar-refractivity contribution in [3.8, 4) is 28.7 Å². The summed E-state index contributed by atoms with van der Waals surface area (Å²) in [4.78, 5) is 18.4.